The molecule has 2 rings (SSSR count). The van der Waals surface area contributed by atoms with Crippen molar-refractivity contribution in [1.29, 1.82) is 0 Å². The van der Waals surface area contributed by atoms with E-state index in [1.165, 1.54) is 5.56 Å². The Morgan fingerprint density at radius 2 is 1.92 bits per heavy atom. The van der Waals surface area contributed by atoms with Crippen LogP contribution in [0.25, 0.3) is 5.69 Å². The van der Waals surface area contributed by atoms with Crippen LogP contribution in [0.4, 0.5) is 0 Å². The third kappa shape index (κ3) is 5.04. The highest BCUT2D eigenvalue weighted by atomic mass is 35.5. The van der Waals surface area contributed by atoms with E-state index in [0.29, 0.717) is 18.2 Å². The predicted molar refractivity (Wildman–Crippen MR) is 97.7 cm³/mol. The first-order valence-corrected chi connectivity index (χ1v) is 7.89. The molecule has 2 aromatic rings. The lowest BCUT2D eigenvalue weighted by molar-refractivity contribution is 0.0783. The lowest BCUT2D eigenvalue weighted by Gasteiger charge is -2.20. The number of amides is 1. The Hall–Kier alpha value is -1.92. The molecule has 2 N–H and O–H groups in total. The number of carbonyl (C=O) groups is 1. The summed E-state index contributed by atoms with van der Waals surface area (Å²) in [5, 5.41) is 8.03. The number of carbonyl (C=O) groups excluding carboxylic acids is 1. The summed E-state index contributed by atoms with van der Waals surface area (Å²) in [5.74, 6) is 0.264. The lowest BCUT2D eigenvalue weighted by atomic mass is 10.0. The van der Waals surface area contributed by atoms with E-state index in [4.69, 9.17) is 5.73 Å². The number of aromatic nitrogens is 3. The second-order valence-corrected chi connectivity index (χ2v) is 6.31. The number of nitrogens with zero attached hydrogens (tertiary/aromatic N) is 4. The van der Waals surface area contributed by atoms with Gasteiger partial charge in [0.05, 0.1) is 11.9 Å². The summed E-state index contributed by atoms with van der Waals surface area (Å²) < 4.78 is 1.61. The van der Waals surface area contributed by atoms with Crippen molar-refractivity contribution in [2.24, 2.45) is 11.7 Å². The third-order valence-electron chi connectivity index (χ3n) is 4.01. The molecule has 0 radical (unpaired) electrons. The van der Waals surface area contributed by atoms with Gasteiger partial charge in [-0.3, -0.25) is 4.79 Å². The predicted octanol–water partition coefficient (Wildman–Crippen LogP) is 2.44. The SMILES string of the molecule is Cc1ccc(-n2cc(C(=O)N(C)CCC(N)C(C)C)nn2)cc1.Cl. The van der Waals surface area contributed by atoms with Gasteiger partial charge >= 0.3 is 0 Å². The van der Waals surface area contributed by atoms with E-state index in [9.17, 15) is 4.79 Å². The molecule has 1 atom stereocenters. The van der Waals surface area contributed by atoms with Crippen molar-refractivity contribution in [3.63, 3.8) is 0 Å². The van der Waals surface area contributed by atoms with E-state index >= 15 is 0 Å². The Morgan fingerprint density at radius 1 is 1.29 bits per heavy atom. The van der Waals surface area contributed by atoms with Gasteiger partial charge in [-0.2, -0.15) is 0 Å². The standard InChI is InChI=1S/C17H25N5O.ClH/c1-12(2)15(18)9-10-21(4)17(23)16-11-22(20-19-16)14-7-5-13(3)6-8-14;/h5-8,11-12,15H,9-10,18H2,1-4H3;1H. The monoisotopic (exact) mass is 351 g/mol. The Morgan fingerprint density at radius 3 is 2.50 bits per heavy atom. The van der Waals surface area contributed by atoms with Crippen LogP contribution in [0.15, 0.2) is 30.5 Å². The molecule has 132 valence electrons. The van der Waals surface area contributed by atoms with Gasteiger partial charge in [0.2, 0.25) is 0 Å². The van der Waals surface area contributed by atoms with Gasteiger partial charge in [0.15, 0.2) is 5.69 Å². The molecule has 1 aromatic carbocycles. The molecule has 7 heteroatoms. The molecule has 24 heavy (non-hydrogen) atoms. The highest BCUT2D eigenvalue weighted by molar-refractivity contribution is 5.91. The first-order valence-electron chi connectivity index (χ1n) is 7.89. The number of halogens is 1. The second-order valence-electron chi connectivity index (χ2n) is 6.31. The van der Waals surface area contributed by atoms with Gasteiger partial charge in [-0.15, -0.1) is 17.5 Å². The molecule has 1 amide bonds. The normalized spacial score (nSPS) is 11.9. The van der Waals surface area contributed by atoms with Crippen molar-refractivity contribution in [1.82, 2.24) is 19.9 Å². The topological polar surface area (TPSA) is 77.0 Å². The average Bonchev–Trinajstić information content (AvgIpc) is 3.01. The molecule has 0 saturated carbocycles. The molecule has 0 bridgehead atoms. The van der Waals surface area contributed by atoms with E-state index in [1.807, 2.05) is 31.2 Å². The first kappa shape index (κ1) is 20.1. The molecule has 6 nitrogen and oxygen atoms in total. The maximum absolute atomic E-state index is 12.4. The zero-order valence-electron chi connectivity index (χ0n) is 14.6. The van der Waals surface area contributed by atoms with E-state index in [-0.39, 0.29) is 24.4 Å². The van der Waals surface area contributed by atoms with Crippen LogP contribution in [0, 0.1) is 12.8 Å². The Balaban J connectivity index is 0.00000288. The molecule has 0 fully saturated rings. The third-order valence-corrected chi connectivity index (χ3v) is 4.01. The first-order chi connectivity index (χ1) is 10.9. The fourth-order valence-corrected chi connectivity index (χ4v) is 2.16. The van der Waals surface area contributed by atoms with Crippen LogP contribution in [0.2, 0.25) is 0 Å². The Bertz CT molecular complexity index is 653. The molecule has 1 unspecified atom stereocenters. The largest absolute Gasteiger partial charge is 0.340 e. The van der Waals surface area contributed by atoms with Crippen molar-refractivity contribution >= 4 is 18.3 Å². The smallest absolute Gasteiger partial charge is 0.275 e. The zero-order valence-corrected chi connectivity index (χ0v) is 15.5. The number of rotatable bonds is 6. The summed E-state index contributed by atoms with van der Waals surface area (Å²) in [6, 6.07) is 7.98. The number of nitrogens with two attached hydrogens (primary N) is 1. The molecule has 0 spiro atoms. The summed E-state index contributed by atoms with van der Waals surface area (Å²) in [6.45, 7) is 6.80. The van der Waals surface area contributed by atoms with Crippen LogP contribution in [-0.2, 0) is 0 Å². The van der Waals surface area contributed by atoms with Crippen molar-refractivity contribution < 1.29 is 4.79 Å². The Kier molecular flexibility index (Phi) is 7.38. The van der Waals surface area contributed by atoms with Gasteiger partial charge in [0, 0.05) is 19.6 Å². The van der Waals surface area contributed by atoms with Crippen LogP contribution in [0.5, 0.6) is 0 Å². The van der Waals surface area contributed by atoms with Crippen molar-refractivity contribution in [3.05, 3.63) is 41.7 Å². The van der Waals surface area contributed by atoms with Gasteiger partial charge < -0.3 is 10.6 Å². The van der Waals surface area contributed by atoms with Gasteiger partial charge in [-0.1, -0.05) is 36.8 Å². The molecular weight excluding hydrogens is 326 g/mol. The van der Waals surface area contributed by atoms with E-state index in [2.05, 4.69) is 24.2 Å². The zero-order chi connectivity index (χ0) is 17.0. The Labute approximate surface area is 149 Å². The van der Waals surface area contributed by atoms with E-state index in [1.54, 1.807) is 22.8 Å². The fraction of sp³-hybridized carbons (Fsp3) is 0.471. The summed E-state index contributed by atoms with van der Waals surface area (Å²) >= 11 is 0. The minimum atomic E-state index is -0.140. The number of benzene rings is 1. The minimum Gasteiger partial charge on any atom is -0.340 e. The highest BCUT2D eigenvalue weighted by Gasteiger charge is 2.17. The quantitative estimate of drug-likeness (QED) is 0.867. The van der Waals surface area contributed by atoms with Crippen LogP contribution in [0.3, 0.4) is 0 Å². The van der Waals surface area contributed by atoms with Crippen molar-refractivity contribution in [2.45, 2.75) is 33.2 Å². The average molecular weight is 352 g/mol. The number of aryl methyl sites for hydroxylation is 1. The molecule has 0 saturated heterocycles. The number of hydrogen-bond acceptors (Lipinski definition) is 4. The molecule has 1 aromatic heterocycles. The maximum atomic E-state index is 12.4. The highest BCUT2D eigenvalue weighted by Crippen LogP contribution is 2.10. The van der Waals surface area contributed by atoms with Gasteiger partial charge in [0.1, 0.15) is 0 Å². The van der Waals surface area contributed by atoms with Gasteiger partial charge in [0.25, 0.3) is 5.91 Å². The van der Waals surface area contributed by atoms with Crippen molar-refractivity contribution in [3.8, 4) is 5.69 Å². The van der Waals surface area contributed by atoms with Crippen LogP contribution in [-0.4, -0.2) is 45.4 Å². The van der Waals surface area contributed by atoms with Gasteiger partial charge in [-0.25, -0.2) is 4.68 Å². The summed E-state index contributed by atoms with van der Waals surface area (Å²) in [6.07, 6.45) is 2.43. The van der Waals surface area contributed by atoms with E-state index in [0.717, 1.165) is 12.1 Å². The molecule has 0 aliphatic rings. The molecular formula is C17H26ClN5O. The van der Waals surface area contributed by atoms with Crippen LogP contribution in [0.1, 0.15) is 36.3 Å². The summed E-state index contributed by atoms with van der Waals surface area (Å²) in [5.41, 5.74) is 8.42. The summed E-state index contributed by atoms with van der Waals surface area (Å²) in [4.78, 5) is 14.0. The summed E-state index contributed by atoms with van der Waals surface area (Å²) in [7, 11) is 1.76. The fourth-order valence-electron chi connectivity index (χ4n) is 2.16. The van der Waals surface area contributed by atoms with Gasteiger partial charge in [-0.05, 0) is 31.4 Å². The minimum absolute atomic E-state index is 0. The van der Waals surface area contributed by atoms with Crippen LogP contribution >= 0.6 is 12.4 Å². The second kappa shape index (κ2) is 8.80. The maximum Gasteiger partial charge on any atom is 0.275 e. The lowest BCUT2D eigenvalue weighted by Crippen LogP contribution is -2.34. The molecule has 1 heterocycles. The van der Waals surface area contributed by atoms with E-state index < -0.39 is 0 Å². The van der Waals surface area contributed by atoms with Crippen LogP contribution < -0.4 is 5.73 Å². The number of hydrogen-bond donors (Lipinski definition) is 1. The molecule has 0 aliphatic heterocycles. The van der Waals surface area contributed by atoms with Crippen molar-refractivity contribution in [2.75, 3.05) is 13.6 Å². The molecule has 0 aliphatic carbocycles.